The molecule has 0 aliphatic heterocycles. The number of nitrogens with two attached hydrogens (primary N) is 1. The summed E-state index contributed by atoms with van der Waals surface area (Å²) in [6.07, 6.45) is 0. The lowest BCUT2D eigenvalue weighted by Gasteiger charge is -2.12. The number of aromatic hydroxyl groups is 1. The third-order valence-electron chi connectivity index (χ3n) is 4.17. The molecule has 3 aromatic rings. The molecule has 3 rings (SSSR count). The van der Waals surface area contributed by atoms with E-state index in [2.05, 4.69) is 16.2 Å². The fraction of sp³-hybridized carbons (Fsp3) is 0.167. The lowest BCUT2D eigenvalue weighted by atomic mass is 9.97. The first-order chi connectivity index (χ1) is 11.8. The van der Waals surface area contributed by atoms with Crippen LogP contribution in [0.4, 0.5) is 5.82 Å². The molecular weight excluding hydrogens is 338 g/mol. The van der Waals surface area contributed by atoms with Crippen molar-refractivity contribution in [1.29, 1.82) is 5.26 Å². The Morgan fingerprint density at radius 1 is 1.24 bits per heavy atom. The third-order valence-corrected chi connectivity index (χ3v) is 4.48. The van der Waals surface area contributed by atoms with Crippen molar-refractivity contribution in [2.24, 2.45) is 7.05 Å². The number of pyridine rings is 1. The van der Waals surface area contributed by atoms with E-state index in [4.69, 9.17) is 17.3 Å². The maximum atomic E-state index is 9.58. The summed E-state index contributed by atoms with van der Waals surface area (Å²) in [5.41, 5.74) is 10.7. The summed E-state index contributed by atoms with van der Waals surface area (Å²) in [7, 11) is 1.86. The van der Waals surface area contributed by atoms with Crippen LogP contribution < -0.4 is 5.73 Å². The summed E-state index contributed by atoms with van der Waals surface area (Å²) in [6.45, 7) is 3.84. The molecule has 126 valence electrons. The van der Waals surface area contributed by atoms with Crippen LogP contribution >= 0.6 is 11.6 Å². The smallest absolute Gasteiger partial charge is 0.142 e. The SMILES string of the molecule is Cc1nn(C)c(C)c1-c1cc(-c2ccc(O)cc2Cl)c(C#N)c(N)n1. The quantitative estimate of drug-likeness (QED) is 0.733. The third kappa shape index (κ3) is 2.79. The molecule has 0 unspecified atom stereocenters. The lowest BCUT2D eigenvalue weighted by molar-refractivity contribution is 0.475. The highest BCUT2D eigenvalue weighted by Gasteiger charge is 2.19. The predicted octanol–water partition coefficient (Wildman–Crippen LogP) is 3.58. The molecule has 0 saturated heterocycles. The molecule has 0 fully saturated rings. The van der Waals surface area contributed by atoms with Crippen molar-refractivity contribution in [3.05, 3.63) is 46.2 Å². The Bertz CT molecular complexity index is 1030. The molecule has 1 aromatic carbocycles. The van der Waals surface area contributed by atoms with Crippen molar-refractivity contribution < 1.29 is 5.11 Å². The van der Waals surface area contributed by atoms with Gasteiger partial charge in [-0.2, -0.15) is 10.4 Å². The van der Waals surface area contributed by atoms with E-state index in [0.717, 1.165) is 17.0 Å². The molecule has 0 spiro atoms. The van der Waals surface area contributed by atoms with E-state index in [1.54, 1.807) is 16.8 Å². The van der Waals surface area contributed by atoms with Crippen molar-refractivity contribution >= 4 is 17.4 Å². The van der Waals surface area contributed by atoms with Crippen molar-refractivity contribution in [3.63, 3.8) is 0 Å². The highest BCUT2D eigenvalue weighted by atomic mass is 35.5. The monoisotopic (exact) mass is 353 g/mol. The Balaban J connectivity index is 2.32. The Kier molecular flexibility index (Phi) is 4.11. The van der Waals surface area contributed by atoms with E-state index in [1.807, 2.05) is 20.9 Å². The van der Waals surface area contributed by atoms with Crippen LogP contribution in [-0.2, 0) is 7.05 Å². The van der Waals surface area contributed by atoms with Gasteiger partial charge in [0.2, 0.25) is 0 Å². The van der Waals surface area contributed by atoms with Crippen molar-refractivity contribution in [1.82, 2.24) is 14.8 Å². The average molecular weight is 354 g/mol. The van der Waals surface area contributed by atoms with Crippen molar-refractivity contribution in [2.75, 3.05) is 5.73 Å². The lowest BCUT2D eigenvalue weighted by Crippen LogP contribution is -2.01. The van der Waals surface area contributed by atoms with Gasteiger partial charge in [-0.25, -0.2) is 4.98 Å². The van der Waals surface area contributed by atoms with Gasteiger partial charge in [-0.15, -0.1) is 0 Å². The molecular formula is C18H16ClN5O. The minimum absolute atomic E-state index is 0.0495. The molecule has 3 N–H and O–H groups in total. The van der Waals surface area contributed by atoms with E-state index in [-0.39, 0.29) is 17.1 Å². The normalized spacial score (nSPS) is 10.7. The van der Waals surface area contributed by atoms with E-state index in [9.17, 15) is 10.4 Å². The minimum atomic E-state index is 0.0495. The predicted molar refractivity (Wildman–Crippen MR) is 97.2 cm³/mol. The first-order valence-electron chi connectivity index (χ1n) is 7.53. The summed E-state index contributed by atoms with van der Waals surface area (Å²) < 4.78 is 1.77. The molecule has 2 aromatic heterocycles. The molecule has 0 aliphatic rings. The van der Waals surface area contributed by atoms with Crippen LogP contribution in [0.25, 0.3) is 22.4 Å². The van der Waals surface area contributed by atoms with E-state index in [0.29, 0.717) is 21.8 Å². The fourth-order valence-corrected chi connectivity index (χ4v) is 3.17. The van der Waals surface area contributed by atoms with E-state index in [1.165, 1.54) is 12.1 Å². The van der Waals surface area contributed by atoms with Crippen LogP contribution in [-0.4, -0.2) is 19.9 Å². The Labute approximate surface area is 150 Å². The summed E-state index contributed by atoms with van der Waals surface area (Å²) in [6, 6.07) is 8.46. The molecule has 25 heavy (non-hydrogen) atoms. The second-order valence-corrected chi connectivity index (χ2v) is 6.17. The Morgan fingerprint density at radius 2 is 1.96 bits per heavy atom. The van der Waals surface area contributed by atoms with Gasteiger partial charge in [0.25, 0.3) is 0 Å². The molecule has 2 heterocycles. The van der Waals surface area contributed by atoms with E-state index < -0.39 is 0 Å². The standard InChI is InChI=1S/C18H16ClN5O/c1-9-17(10(2)24(3)23-9)16-7-13(14(8-20)18(21)22-16)12-5-4-11(25)6-15(12)19/h4-7,25H,1-3H3,(H2,21,22). The van der Waals surface area contributed by atoms with Crippen LogP contribution in [0.2, 0.25) is 5.02 Å². The number of hydrogen-bond donors (Lipinski definition) is 2. The Hall–Kier alpha value is -3.04. The number of hydrogen-bond acceptors (Lipinski definition) is 5. The largest absolute Gasteiger partial charge is 0.508 e. The summed E-state index contributed by atoms with van der Waals surface area (Å²) in [5.74, 6) is 0.176. The molecule has 0 atom stereocenters. The summed E-state index contributed by atoms with van der Waals surface area (Å²) in [4.78, 5) is 4.39. The van der Waals surface area contributed by atoms with E-state index >= 15 is 0 Å². The van der Waals surface area contributed by atoms with Gasteiger partial charge in [-0.1, -0.05) is 11.6 Å². The van der Waals surface area contributed by atoms with Crippen LogP contribution in [0.5, 0.6) is 5.75 Å². The number of phenolic OH excluding ortho intramolecular Hbond substituents is 1. The summed E-state index contributed by atoms with van der Waals surface area (Å²) in [5, 5.41) is 23.8. The molecule has 6 nitrogen and oxygen atoms in total. The second kappa shape index (κ2) is 6.11. The van der Waals surface area contributed by atoms with Gasteiger partial charge < -0.3 is 10.8 Å². The number of phenols is 1. The zero-order valence-electron chi connectivity index (χ0n) is 14.0. The maximum Gasteiger partial charge on any atom is 0.142 e. The van der Waals surface area contributed by atoms with Gasteiger partial charge in [-0.3, -0.25) is 4.68 Å². The van der Waals surface area contributed by atoms with Gasteiger partial charge in [0.1, 0.15) is 23.2 Å². The topological polar surface area (TPSA) is 101 Å². The average Bonchev–Trinajstić information content (AvgIpc) is 2.79. The van der Waals surface area contributed by atoms with Crippen LogP contribution in [0.15, 0.2) is 24.3 Å². The first kappa shape index (κ1) is 16.8. The molecule has 0 bridgehead atoms. The zero-order chi connectivity index (χ0) is 18.3. The molecule has 7 heteroatoms. The second-order valence-electron chi connectivity index (χ2n) is 5.76. The van der Waals surface area contributed by atoms with Crippen molar-refractivity contribution in [2.45, 2.75) is 13.8 Å². The van der Waals surface area contributed by atoms with Crippen LogP contribution in [0.1, 0.15) is 17.0 Å². The van der Waals surface area contributed by atoms with Gasteiger partial charge in [-0.05, 0) is 38.1 Å². The minimum Gasteiger partial charge on any atom is -0.508 e. The maximum absolute atomic E-state index is 9.58. The number of halogens is 1. The van der Waals surface area contributed by atoms with Crippen molar-refractivity contribution in [3.8, 4) is 34.2 Å². The number of nitriles is 1. The molecule has 0 amide bonds. The molecule has 0 radical (unpaired) electrons. The first-order valence-corrected chi connectivity index (χ1v) is 7.91. The number of aryl methyl sites for hydroxylation is 2. The number of benzene rings is 1. The molecule has 0 saturated carbocycles. The zero-order valence-corrected chi connectivity index (χ0v) is 14.8. The Morgan fingerprint density at radius 3 is 2.52 bits per heavy atom. The highest BCUT2D eigenvalue weighted by molar-refractivity contribution is 6.33. The van der Waals surface area contributed by atoms with Crippen LogP contribution in [0, 0.1) is 25.2 Å². The fourth-order valence-electron chi connectivity index (χ4n) is 2.89. The number of rotatable bonds is 2. The number of nitrogen functional groups attached to an aromatic ring is 1. The van der Waals surface area contributed by atoms with Gasteiger partial charge >= 0.3 is 0 Å². The summed E-state index contributed by atoms with van der Waals surface area (Å²) >= 11 is 6.26. The van der Waals surface area contributed by atoms with Gasteiger partial charge in [0.05, 0.1) is 16.4 Å². The van der Waals surface area contributed by atoms with Gasteiger partial charge in [0, 0.05) is 29.4 Å². The molecule has 0 aliphatic carbocycles. The number of nitrogens with zero attached hydrogens (tertiary/aromatic N) is 4. The van der Waals surface area contributed by atoms with Gasteiger partial charge in [0.15, 0.2) is 0 Å². The highest BCUT2D eigenvalue weighted by Crippen LogP contribution is 2.37. The van der Waals surface area contributed by atoms with Crippen LogP contribution in [0.3, 0.4) is 0 Å². The number of anilines is 1. The number of aromatic nitrogens is 3.